The predicted octanol–water partition coefficient (Wildman–Crippen LogP) is 5.38. The summed E-state index contributed by atoms with van der Waals surface area (Å²) in [5.41, 5.74) is 5.51. The number of unbranched alkanes of at least 4 members (excludes halogenated alkanes) is 1. The van der Waals surface area contributed by atoms with Gasteiger partial charge < -0.3 is 15.0 Å². The van der Waals surface area contributed by atoms with Crippen molar-refractivity contribution in [1.82, 2.24) is 4.90 Å². The molecule has 5 nitrogen and oxygen atoms in total. The van der Waals surface area contributed by atoms with E-state index < -0.39 is 0 Å². The van der Waals surface area contributed by atoms with Crippen molar-refractivity contribution >= 4 is 23.0 Å². The molecule has 1 N–H and O–H groups in total. The Morgan fingerprint density at radius 2 is 1.93 bits per heavy atom. The normalized spacial score (nSPS) is 19.6. The number of benzene rings is 2. The van der Waals surface area contributed by atoms with Crippen LogP contribution in [-0.2, 0) is 11.3 Å². The fourth-order valence-corrected chi connectivity index (χ4v) is 4.46. The minimum absolute atomic E-state index is 0.126. The van der Waals surface area contributed by atoms with Gasteiger partial charge in [-0.2, -0.15) is 0 Å². The Kier molecular flexibility index (Phi) is 5.91. The van der Waals surface area contributed by atoms with Crippen LogP contribution >= 0.6 is 0 Å². The molecular formula is C25H31N3O2. The van der Waals surface area contributed by atoms with Crippen LogP contribution in [0.15, 0.2) is 47.5 Å². The average molecular weight is 406 g/mol. The molecular weight excluding hydrogens is 374 g/mol. The molecule has 1 amide bonds. The van der Waals surface area contributed by atoms with E-state index in [0.29, 0.717) is 12.5 Å². The largest absolute Gasteiger partial charge is 0.356 e. The number of aliphatic imine (C=N–C) groups is 1. The zero-order chi connectivity index (χ0) is 21.3. The zero-order valence-corrected chi connectivity index (χ0v) is 18.3. The van der Waals surface area contributed by atoms with Gasteiger partial charge in [-0.15, -0.1) is 0 Å². The van der Waals surface area contributed by atoms with Crippen molar-refractivity contribution in [3.63, 3.8) is 0 Å². The molecule has 0 radical (unpaired) electrons. The third kappa shape index (κ3) is 3.63. The van der Waals surface area contributed by atoms with Crippen LogP contribution in [0.25, 0.3) is 0 Å². The highest BCUT2D eigenvalue weighted by molar-refractivity contribution is 6.12. The first-order chi connectivity index (χ1) is 14.5. The number of fused-ring (bicyclic) bond motifs is 2. The van der Waals surface area contributed by atoms with Gasteiger partial charge in [-0.25, -0.2) is 4.99 Å². The summed E-state index contributed by atoms with van der Waals surface area (Å²) in [7, 11) is 1.68. The maximum atomic E-state index is 13.2. The second kappa shape index (κ2) is 8.60. The second-order valence-electron chi connectivity index (χ2n) is 8.40. The van der Waals surface area contributed by atoms with Crippen LogP contribution < -0.4 is 5.32 Å². The van der Waals surface area contributed by atoms with Crippen LogP contribution in [0, 0.1) is 5.92 Å². The van der Waals surface area contributed by atoms with E-state index in [2.05, 4.69) is 32.2 Å². The molecule has 0 saturated carbocycles. The van der Waals surface area contributed by atoms with Crippen LogP contribution in [0.2, 0.25) is 0 Å². The monoisotopic (exact) mass is 405 g/mol. The summed E-state index contributed by atoms with van der Waals surface area (Å²) in [6.45, 7) is 7.27. The number of carbonyl (C=O) groups excluding carboxylic acids is 1. The molecule has 2 heterocycles. The molecule has 158 valence electrons. The summed E-state index contributed by atoms with van der Waals surface area (Å²) >= 11 is 0. The molecule has 0 aliphatic carbocycles. The van der Waals surface area contributed by atoms with Gasteiger partial charge in [0.2, 0.25) is 0 Å². The highest BCUT2D eigenvalue weighted by Crippen LogP contribution is 2.35. The van der Waals surface area contributed by atoms with Crippen LogP contribution in [-0.4, -0.2) is 35.9 Å². The molecule has 0 spiro atoms. The number of nitrogens with zero attached hydrogens (tertiary/aromatic N) is 2. The summed E-state index contributed by atoms with van der Waals surface area (Å²) in [5.74, 6) is 0.598. The fourth-order valence-electron chi connectivity index (χ4n) is 4.46. The summed E-state index contributed by atoms with van der Waals surface area (Å²) in [6, 6.07) is 14.1. The first-order valence-electron chi connectivity index (χ1n) is 10.9. The number of carbonyl (C=O) groups is 1. The van der Waals surface area contributed by atoms with Gasteiger partial charge in [0.05, 0.1) is 17.1 Å². The molecule has 4 rings (SSSR count). The number of ether oxygens (including phenoxy) is 1. The molecule has 30 heavy (non-hydrogen) atoms. The minimum Gasteiger partial charge on any atom is -0.356 e. The molecule has 3 atom stereocenters. The van der Waals surface area contributed by atoms with Gasteiger partial charge in [-0.1, -0.05) is 51.0 Å². The van der Waals surface area contributed by atoms with Crippen molar-refractivity contribution in [3.8, 4) is 0 Å². The van der Waals surface area contributed by atoms with Crippen LogP contribution in [0.1, 0.15) is 61.5 Å². The van der Waals surface area contributed by atoms with E-state index in [9.17, 15) is 4.79 Å². The summed E-state index contributed by atoms with van der Waals surface area (Å²) in [6.07, 6.45) is 3.17. The van der Waals surface area contributed by atoms with Crippen LogP contribution in [0.3, 0.4) is 0 Å². The van der Waals surface area contributed by atoms with Crippen molar-refractivity contribution in [2.75, 3.05) is 12.4 Å². The molecule has 0 saturated heterocycles. The highest BCUT2D eigenvalue weighted by atomic mass is 16.5. The third-order valence-electron chi connectivity index (χ3n) is 6.52. The van der Waals surface area contributed by atoms with Crippen molar-refractivity contribution in [1.29, 1.82) is 0 Å². The van der Waals surface area contributed by atoms with Crippen LogP contribution in [0.4, 0.5) is 11.4 Å². The van der Waals surface area contributed by atoms with E-state index in [1.807, 2.05) is 41.3 Å². The Labute approximate surface area is 179 Å². The standard InChI is InChI=1S/C25H31N3O2/c1-5-6-10-16(2)17(3)28-15-20-18(11-9-12-19(20)25(28)29)23-24(30-4)27-22-14-8-7-13-21(22)26-23/h7-9,11-14,16-17,24,27H,5-6,10,15H2,1-4H3. The Hall–Kier alpha value is -2.66. The topological polar surface area (TPSA) is 53.9 Å². The quantitative estimate of drug-likeness (QED) is 0.673. The maximum absolute atomic E-state index is 13.2. The van der Waals surface area contributed by atoms with E-state index in [-0.39, 0.29) is 18.2 Å². The van der Waals surface area contributed by atoms with Crippen molar-refractivity contribution in [2.45, 2.75) is 58.8 Å². The van der Waals surface area contributed by atoms with Crippen molar-refractivity contribution < 1.29 is 9.53 Å². The zero-order valence-electron chi connectivity index (χ0n) is 18.3. The van der Waals surface area contributed by atoms with E-state index in [1.165, 1.54) is 12.8 Å². The summed E-state index contributed by atoms with van der Waals surface area (Å²) in [4.78, 5) is 20.2. The Morgan fingerprint density at radius 1 is 1.17 bits per heavy atom. The molecule has 0 fully saturated rings. The smallest absolute Gasteiger partial charge is 0.254 e. The minimum atomic E-state index is -0.351. The molecule has 3 unspecified atom stereocenters. The van der Waals surface area contributed by atoms with Crippen molar-refractivity contribution in [3.05, 3.63) is 59.2 Å². The van der Waals surface area contributed by atoms with Gasteiger partial charge in [-0.05, 0) is 43.0 Å². The van der Waals surface area contributed by atoms with Gasteiger partial charge >= 0.3 is 0 Å². The average Bonchev–Trinajstić information content (AvgIpc) is 3.12. The number of nitrogens with one attached hydrogen (secondary N) is 1. The Morgan fingerprint density at radius 3 is 2.70 bits per heavy atom. The molecule has 0 aromatic heterocycles. The number of methoxy groups -OCH3 is 1. The fraction of sp³-hybridized carbons (Fsp3) is 0.440. The first-order valence-corrected chi connectivity index (χ1v) is 10.9. The number of anilines is 1. The maximum Gasteiger partial charge on any atom is 0.254 e. The van der Waals surface area contributed by atoms with E-state index in [0.717, 1.165) is 40.2 Å². The summed E-state index contributed by atoms with van der Waals surface area (Å²) in [5, 5.41) is 3.42. The number of para-hydroxylation sites is 2. The molecule has 0 bridgehead atoms. The molecule has 2 aromatic rings. The Bertz CT molecular complexity index is 969. The molecule has 2 aliphatic heterocycles. The first kappa shape index (κ1) is 20.6. The number of hydrogen-bond acceptors (Lipinski definition) is 4. The van der Waals surface area contributed by atoms with E-state index >= 15 is 0 Å². The van der Waals surface area contributed by atoms with Gasteiger partial charge in [0.1, 0.15) is 0 Å². The van der Waals surface area contributed by atoms with Gasteiger partial charge in [0.25, 0.3) is 5.91 Å². The number of rotatable bonds is 7. The SMILES string of the molecule is CCCCC(C)C(C)N1Cc2c(cccc2C2=Nc3ccccc3NC2OC)C1=O. The van der Waals surface area contributed by atoms with Gasteiger partial charge in [0, 0.05) is 30.8 Å². The highest BCUT2D eigenvalue weighted by Gasteiger charge is 2.36. The second-order valence-corrected chi connectivity index (χ2v) is 8.40. The van der Waals surface area contributed by atoms with Crippen LogP contribution in [0.5, 0.6) is 0 Å². The lowest BCUT2D eigenvalue weighted by Gasteiger charge is -2.30. The van der Waals surface area contributed by atoms with E-state index in [4.69, 9.17) is 9.73 Å². The lowest BCUT2D eigenvalue weighted by atomic mass is 9.96. The molecule has 5 heteroatoms. The number of hydrogen-bond donors (Lipinski definition) is 1. The molecule has 2 aliphatic rings. The van der Waals surface area contributed by atoms with Crippen molar-refractivity contribution in [2.24, 2.45) is 10.9 Å². The predicted molar refractivity (Wildman–Crippen MR) is 122 cm³/mol. The Balaban J connectivity index is 1.69. The van der Waals surface area contributed by atoms with E-state index in [1.54, 1.807) is 7.11 Å². The lowest BCUT2D eigenvalue weighted by molar-refractivity contribution is 0.0657. The number of amides is 1. The van der Waals surface area contributed by atoms with Gasteiger partial charge in [-0.3, -0.25) is 4.79 Å². The lowest BCUT2D eigenvalue weighted by Crippen LogP contribution is -2.38. The third-order valence-corrected chi connectivity index (χ3v) is 6.52. The summed E-state index contributed by atoms with van der Waals surface area (Å²) < 4.78 is 5.72. The molecule has 2 aromatic carbocycles. The van der Waals surface area contributed by atoms with Gasteiger partial charge in [0.15, 0.2) is 6.23 Å².